The summed E-state index contributed by atoms with van der Waals surface area (Å²) in [7, 11) is 0. The number of carbonyl (C=O) groups is 1. The lowest BCUT2D eigenvalue weighted by molar-refractivity contribution is -0.121. The smallest absolute Gasteiger partial charge is 0.134 e. The first-order valence-corrected chi connectivity index (χ1v) is 5.73. The summed E-state index contributed by atoms with van der Waals surface area (Å²) < 4.78 is 0. The molecule has 1 aromatic rings. The van der Waals surface area contributed by atoms with Crippen LogP contribution in [0.15, 0.2) is 24.3 Å². The van der Waals surface area contributed by atoms with Crippen LogP contribution in [0.1, 0.15) is 31.2 Å². The van der Waals surface area contributed by atoms with Crippen LogP contribution in [0.4, 0.5) is 0 Å². The third kappa shape index (κ3) is 1.96. The minimum atomic E-state index is -0.625. The first kappa shape index (κ1) is 11.2. The number of hydrogen-bond acceptors (Lipinski definition) is 2. The highest BCUT2D eigenvalue weighted by atomic mass is 35.5. The van der Waals surface area contributed by atoms with Gasteiger partial charge in [-0.05, 0) is 30.5 Å². The van der Waals surface area contributed by atoms with Crippen molar-refractivity contribution < 1.29 is 4.79 Å². The van der Waals surface area contributed by atoms with Crippen LogP contribution in [0.25, 0.3) is 0 Å². The lowest BCUT2D eigenvalue weighted by atomic mass is 9.70. The second kappa shape index (κ2) is 4.27. The maximum Gasteiger partial charge on any atom is 0.134 e. The quantitative estimate of drug-likeness (QED) is 0.747. The van der Waals surface area contributed by atoms with Crippen LogP contribution in [-0.4, -0.2) is 5.78 Å². The van der Waals surface area contributed by atoms with E-state index in [1.54, 1.807) is 12.1 Å². The van der Waals surface area contributed by atoms with Crippen molar-refractivity contribution in [1.29, 1.82) is 5.26 Å². The highest BCUT2D eigenvalue weighted by Gasteiger charge is 2.37. The Morgan fingerprint density at radius 2 is 2.00 bits per heavy atom. The van der Waals surface area contributed by atoms with Gasteiger partial charge in [0.1, 0.15) is 5.78 Å². The molecule has 0 aromatic heterocycles. The first-order chi connectivity index (χ1) is 7.66. The van der Waals surface area contributed by atoms with E-state index in [0.29, 0.717) is 17.9 Å². The molecule has 1 atom stereocenters. The van der Waals surface area contributed by atoms with E-state index in [2.05, 4.69) is 6.07 Å². The molecule has 0 N–H and O–H groups in total. The van der Waals surface area contributed by atoms with Gasteiger partial charge < -0.3 is 0 Å². The van der Waals surface area contributed by atoms with Crippen LogP contribution in [0.2, 0.25) is 5.02 Å². The van der Waals surface area contributed by atoms with Gasteiger partial charge in [0.2, 0.25) is 0 Å². The number of halogens is 1. The number of nitriles is 1. The van der Waals surface area contributed by atoms with Crippen molar-refractivity contribution in [3.63, 3.8) is 0 Å². The summed E-state index contributed by atoms with van der Waals surface area (Å²) >= 11 is 5.82. The largest absolute Gasteiger partial charge is 0.300 e. The molecule has 3 heteroatoms. The lowest BCUT2D eigenvalue weighted by Gasteiger charge is -2.30. The van der Waals surface area contributed by atoms with Gasteiger partial charge in [-0.2, -0.15) is 5.26 Å². The van der Waals surface area contributed by atoms with Gasteiger partial charge in [-0.1, -0.05) is 23.7 Å². The van der Waals surface area contributed by atoms with Crippen molar-refractivity contribution in [3.05, 3.63) is 34.9 Å². The summed E-state index contributed by atoms with van der Waals surface area (Å²) in [6, 6.07) is 9.57. The molecule has 1 saturated carbocycles. The van der Waals surface area contributed by atoms with Crippen LogP contribution in [-0.2, 0) is 10.2 Å². The molecule has 0 amide bonds. The van der Waals surface area contributed by atoms with Crippen molar-refractivity contribution in [3.8, 4) is 6.07 Å². The maximum atomic E-state index is 11.5. The second-order valence-electron chi connectivity index (χ2n) is 4.27. The fourth-order valence-electron chi connectivity index (χ4n) is 2.28. The minimum absolute atomic E-state index is 0.183. The second-order valence-corrected chi connectivity index (χ2v) is 4.71. The van der Waals surface area contributed by atoms with E-state index in [1.165, 1.54) is 0 Å². The number of benzene rings is 1. The summed E-state index contributed by atoms with van der Waals surface area (Å²) in [5.41, 5.74) is 0.285. The van der Waals surface area contributed by atoms with Crippen molar-refractivity contribution >= 4 is 17.4 Å². The van der Waals surface area contributed by atoms with Gasteiger partial charge in [-0.3, -0.25) is 4.79 Å². The number of ketones is 1. The molecule has 0 bridgehead atoms. The topological polar surface area (TPSA) is 40.9 Å². The Hall–Kier alpha value is -1.33. The maximum absolute atomic E-state index is 11.5. The van der Waals surface area contributed by atoms with E-state index < -0.39 is 5.41 Å². The molecule has 0 saturated heterocycles. The fourth-order valence-corrected chi connectivity index (χ4v) is 2.40. The molecule has 2 rings (SSSR count). The van der Waals surface area contributed by atoms with Gasteiger partial charge in [-0.25, -0.2) is 0 Å². The summed E-state index contributed by atoms with van der Waals surface area (Å²) in [6.45, 7) is 0. The molecule has 0 spiro atoms. The van der Waals surface area contributed by atoms with Crippen molar-refractivity contribution in [1.82, 2.24) is 0 Å². The zero-order valence-electron chi connectivity index (χ0n) is 8.87. The van der Waals surface area contributed by atoms with Crippen LogP contribution in [0, 0.1) is 11.3 Å². The first-order valence-electron chi connectivity index (χ1n) is 5.35. The molecule has 2 nitrogen and oxygen atoms in total. The monoisotopic (exact) mass is 233 g/mol. The van der Waals surface area contributed by atoms with Gasteiger partial charge >= 0.3 is 0 Å². The van der Waals surface area contributed by atoms with Crippen LogP contribution in [0.5, 0.6) is 0 Å². The van der Waals surface area contributed by atoms with E-state index in [9.17, 15) is 10.1 Å². The third-order valence-electron chi connectivity index (χ3n) is 3.17. The number of rotatable bonds is 1. The van der Waals surface area contributed by atoms with E-state index in [0.717, 1.165) is 18.4 Å². The standard InChI is InChI=1S/C13H12ClNO/c14-11-5-3-10(4-6-11)13(9-15)7-1-2-12(16)8-13/h3-6H,1-2,7-8H2. The number of Topliss-reactive ketones (excluding diaryl/α,β-unsaturated/α-hetero) is 1. The van der Waals surface area contributed by atoms with Crippen LogP contribution >= 0.6 is 11.6 Å². The molecular formula is C13H12ClNO. The van der Waals surface area contributed by atoms with E-state index in [-0.39, 0.29) is 5.78 Å². The number of carbonyl (C=O) groups excluding carboxylic acids is 1. The average Bonchev–Trinajstić information content (AvgIpc) is 2.29. The highest BCUT2D eigenvalue weighted by molar-refractivity contribution is 6.30. The molecule has 1 aliphatic rings. The molecule has 1 aliphatic carbocycles. The number of hydrogen-bond donors (Lipinski definition) is 0. The van der Waals surface area contributed by atoms with Gasteiger partial charge in [0, 0.05) is 17.9 Å². The molecule has 1 aromatic carbocycles. The van der Waals surface area contributed by atoms with Crippen molar-refractivity contribution in [2.24, 2.45) is 0 Å². The average molecular weight is 234 g/mol. The van der Waals surface area contributed by atoms with Crippen LogP contribution < -0.4 is 0 Å². The van der Waals surface area contributed by atoms with Crippen molar-refractivity contribution in [2.45, 2.75) is 31.1 Å². The van der Waals surface area contributed by atoms with Gasteiger partial charge in [0.05, 0.1) is 11.5 Å². The molecule has 1 unspecified atom stereocenters. The molecular weight excluding hydrogens is 222 g/mol. The van der Waals surface area contributed by atoms with E-state index in [1.807, 2.05) is 12.1 Å². The summed E-state index contributed by atoms with van der Waals surface area (Å²) in [6.07, 6.45) is 2.51. The summed E-state index contributed by atoms with van der Waals surface area (Å²) in [5, 5.41) is 10.00. The Morgan fingerprint density at radius 1 is 1.31 bits per heavy atom. The Balaban J connectivity index is 2.38. The lowest BCUT2D eigenvalue weighted by Crippen LogP contribution is -2.31. The predicted octanol–water partition coefficient (Wildman–Crippen LogP) is 3.24. The number of nitrogens with zero attached hydrogens (tertiary/aromatic N) is 1. The minimum Gasteiger partial charge on any atom is -0.300 e. The molecule has 16 heavy (non-hydrogen) atoms. The molecule has 0 aliphatic heterocycles. The molecule has 1 fully saturated rings. The molecule has 82 valence electrons. The highest BCUT2D eigenvalue weighted by Crippen LogP contribution is 2.37. The van der Waals surface area contributed by atoms with Gasteiger partial charge in [-0.15, -0.1) is 0 Å². The van der Waals surface area contributed by atoms with E-state index in [4.69, 9.17) is 11.6 Å². The van der Waals surface area contributed by atoms with Crippen molar-refractivity contribution in [2.75, 3.05) is 0 Å². The zero-order valence-corrected chi connectivity index (χ0v) is 9.63. The predicted molar refractivity (Wildman–Crippen MR) is 62.2 cm³/mol. The SMILES string of the molecule is N#CC1(c2ccc(Cl)cc2)CCCC(=O)C1. The fraction of sp³-hybridized carbons (Fsp3) is 0.385. The van der Waals surface area contributed by atoms with E-state index >= 15 is 0 Å². The zero-order chi connectivity index (χ0) is 11.6. The Kier molecular flexibility index (Phi) is 2.98. The summed E-state index contributed by atoms with van der Waals surface area (Å²) in [4.78, 5) is 11.5. The molecule has 0 radical (unpaired) electrons. The van der Waals surface area contributed by atoms with Crippen LogP contribution in [0.3, 0.4) is 0 Å². The Morgan fingerprint density at radius 3 is 2.56 bits per heavy atom. The Labute approximate surface area is 99.8 Å². The third-order valence-corrected chi connectivity index (χ3v) is 3.42. The van der Waals surface area contributed by atoms with Gasteiger partial charge in [0.15, 0.2) is 0 Å². The van der Waals surface area contributed by atoms with Gasteiger partial charge in [0.25, 0.3) is 0 Å². The summed E-state index contributed by atoms with van der Waals surface area (Å²) in [5.74, 6) is 0.183. The molecule has 0 heterocycles. The normalized spacial score (nSPS) is 25.1. The Bertz CT molecular complexity index is 446.